The third kappa shape index (κ3) is 5.22. The monoisotopic (exact) mass is 350 g/mol. The highest BCUT2D eigenvalue weighted by Gasteiger charge is 2.31. The van der Waals surface area contributed by atoms with E-state index in [1.54, 1.807) is 12.1 Å². The highest BCUT2D eigenvalue weighted by molar-refractivity contribution is 5.29. The second kappa shape index (κ2) is 8.38. The molecule has 0 heterocycles. The molecular formula is C18H30N4O3. The van der Waals surface area contributed by atoms with Crippen molar-refractivity contribution in [3.63, 3.8) is 0 Å². The molecule has 0 aliphatic heterocycles. The van der Waals surface area contributed by atoms with Crippen molar-refractivity contribution in [3.8, 4) is 5.75 Å². The van der Waals surface area contributed by atoms with Gasteiger partial charge >= 0.3 is 0 Å². The van der Waals surface area contributed by atoms with Crippen LogP contribution in [-0.4, -0.2) is 41.8 Å². The summed E-state index contributed by atoms with van der Waals surface area (Å²) < 4.78 is 5.19. The molecule has 0 amide bonds. The fourth-order valence-corrected chi connectivity index (χ4v) is 3.17. The van der Waals surface area contributed by atoms with Crippen LogP contribution in [-0.2, 0) is 4.84 Å². The summed E-state index contributed by atoms with van der Waals surface area (Å²) in [6.45, 7) is 6.64. The summed E-state index contributed by atoms with van der Waals surface area (Å²) in [6.07, 6.45) is 2.73. The highest BCUT2D eigenvalue weighted by atomic mass is 16.7. The van der Waals surface area contributed by atoms with E-state index in [0.29, 0.717) is 24.0 Å². The summed E-state index contributed by atoms with van der Waals surface area (Å²) >= 11 is 0. The number of nitrogens with two attached hydrogens (primary N) is 1. The van der Waals surface area contributed by atoms with Gasteiger partial charge in [-0.2, -0.15) is 0 Å². The fourth-order valence-electron chi connectivity index (χ4n) is 3.17. The van der Waals surface area contributed by atoms with Gasteiger partial charge in [-0.1, -0.05) is 12.1 Å². The van der Waals surface area contributed by atoms with Crippen LogP contribution in [0, 0.1) is 5.21 Å². The largest absolute Gasteiger partial charge is 0.569 e. The number of hydrazine groups is 1. The highest BCUT2D eigenvalue weighted by Crippen LogP contribution is 2.36. The van der Waals surface area contributed by atoms with E-state index in [1.807, 2.05) is 32.9 Å². The smallest absolute Gasteiger partial charge is 0.233 e. The SMILES string of the molecule is COc1ccc([C@@H]2CC[C@H](ON=[N+]([O-])N(CCN)C(C)(C)C)C2)cc1. The van der Waals surface area contributed by atoms with E-state index in [-0.39, 0.29) is 11.6 Å². The predicted molar refractivity (Wildman–Crippen MR) is 96.0 cm³/mol. The number of hydrogen-bond acceptors (Lipinski definition) is 5. The lowest BCUT2D eigenvalue weighted by atomic mass is 9.98. The molecule has 0 bridgehead atoms. The Morgan fingerprint density at radius 2 is 1.96 bits per heavy atom. The van der Waals surface area contributed by atoms with Crippen LogP contribution in [0.5, 0.6) is 5.75 Å². The molecule has 0 radical (unpaired) electrons. The van der Waals surface area contributed by atoms with Crippen molar-refractivity contribution in [3.05, 3.63) is 35.0 Å². The average Bonchev–Trinajstić information content (AvgIpc) is 3.05. The lowest BCUT2D eigenvalue weighted by Gasteiger charge is -2.29. The van der Waals surface area contributed by atoms with Gasteiger partial charge in [0.25, 0.3) is 0 Å². The van der Waals surface area contributed by atoms with Gasteiger partial charge in [0, 0.05) is 6.54 Å². The molecule has 2 atom stereocenters. The summed E-state index contributed by atoms with van der Waals surface area (Å²) in [5, 5.41) is 17.6. The Hall–Kier alpha value is -2.02. The molecule has 7 heteroatoms. The summed E-state index contributed by atoms with van der Waals surface area (Å²) in [5.74, 6) is 1.28. The van der Waals surface area contributed by atoms with Crippen molar-refractivity contribution in [1.82, 2.24) is 5.01 Å². The number of nitrogens with zero attached hydrogens (tertiary/aromatic N) is 3. The molecule has 25 heavy (non-hydrogen) atoms. The minimum absolute atomic E-state index is 0.0387. The molecule has 140 valence electrons. The van der Waals surface area contributed by atoms with Crippen molar-refractivity contribution in [2.75, 3.05) is 20.2 Å². The third-order valence-corrected chi connectivity index (χ3v) is 4.56. The molecule has 0 unspecified atom stereocenters. The first kappa shape index (κ1) is 19.3. The molecule has 1 saturated carbocycles. The van der Waals surface area contributed by atoms with E-state index in [4.69, 9.17) is 15.3 Å². The second-order valence-corrected chi connectivity index (χ2v) is 7.43. The molecule has 0 aromatic heterocycles. The van der Waals surface area contributed by atoms with Gasteiger partial charge in [0.05, 0.1) is 24.2 Å². The van der Waals surface area contributed by atoms with Crippen molar-refractivity contribution in [1.29, 1.82) is 0 Å². The lowest BCUT2D eigenvalue weighted by Crippen LogP contribution is -2.48. The zero-order valence-electron chi connectivity index (χ0n) is 15.6. The van der Waals surface area contributed by atoms with Gasteiger partial charge in [-0.3, -0.25) is 0 Å². The van der Waals surface area contributed by atoms with Crippen molar-refractivity contribution in [2.45, 2.75) is 57.6 Å². The molecule has 0 spiro atoms. The topological polar surface area (TPSA) is 86.2 Å². The van der Waals surface area contributed by atoms with Gasteiger partial charge in [0.2, 0.25) is 5.28 Å². The van der Waals surface area contributed by atoms with Gasteiger partial charge in [0.15, 0.2) is 0 Å². The van der Waals surface area contributed by atoms with Crippen molar-refractivity contribution >= 4 is 0 Å². The lowest BCUT2D eigenvalue weighted by molar-refractivity contribution is -0.725. The van der Waals surface area contributed by atoms with Crippen LogP contribution in [0.1, 0.15) is 51.5 Å². The predicted octanol–water partition coefficient (Wildman–Crippen LogP) is 3.20. The van der Waals surface area contributed by atoms with E-state index in [2.05, 4.69) is 17.4 Å². The zero-order chi connectivity index (χ0) is 18.4. The molecular weight excluding hydrogens is 320 g/mol. The first-order valence-corrected chi connectivity index (χ1v) is 8.80. The number of ether oxygens (including phenoxy) is 1. The molecule has 1 aromatic rings. The molecule has 7 nitrogen and oxygen atoms in total. The zero-order valence-corrected chi connectivity index (χ0v) is 15.6. The van der Waals surface area contributed by atoms with Gasteiger partial charge in [-0.25, -0.2) is 0 Å². The Kier molecular flexibility index (Phi) is 6.47. The first-order valence-electron chi connectivity index (χ1n) is 8.80. The van der Waals surface area contributed by atoms with Crippen LogP contribution in [0.4, 0.5) is 0 Å². The molecule has 2 rings (SSSR count). The van der Waals surface area contributed by atoms with Gasteiger partial charge in [-0.15, -0.1) is 5.01 Å². The summed E-state index contributed by atoms with van der Waals surface area (Å²) in [7, 11) is 1.66. The van der Waals surface area contributed by atoms with Gasteiger partial charge in [0.1, 0.15) is 11.9 Å². The minimum atomic E-state index is -0.366. The second-order valence-electron chi connectivity index (χ2n) is 7.43. The van der Waals surface area contributed by atoms with E-state index < -0.39 is 0 Å². The summed E-state index contributed by atoms with van der Waals surface area (Å²) in [4.78, 5) is 6.05. The summed E-state index contributed by atoms with van der Waals surface area (Å²) in [6, 6.07) is 8.12. The number of rotatable bonds is 7. The Labute approximate surface area is 149 Å². The van der Waals surface area contributed by atoms with Crippen LogP contribution in [0.2, 0.25) is 0 Å². The Morgan fingerprint density at radius 1 is 1.28 bits per heavy atom. The summed E-state index contributed by atoms with van der Waals surface area (Å²) in [5.41, 5.74) is 6.49. The molecule has 1 fully saturated rings. The first-order chi connectivity index (χ1) is 11.8. The normalized spacial score (nSPS) is 21.2. The minimum Gasteiger partial charge on any atom is -0.569 e. The van der Waals surface area contributed by atoms with Gasteiger partial charge in [-0.05, 0) is 63.6 Å². The molecule has 1 aromatic carbocycles. The van der Waals surface area contributed by atoms with Crippen LogP contribution >= 0.6 is 0 Å². The van der Waals surface area contributed by atoms with Gasteiger partial charge < -0.3 is 20.5 Å². The van der Waals surface area contributed by atoms with Crippen molar-refractivity contribution < 1.29 is 14.5 Å². The Morgan fingerprint density at radius 3 is 2.52 bits per heavy atom. The van der Waals surface area contributed by atoms with Crippen LogP contribution in [0.15, 0.2) is 29.5 Å². The fraction of sp³-hybridized carbons (Fsp3) is 0.667. The maximum absolute atomic E-state index is 12.2. The number of methoxy groups -OCH3 is 1. The van der Waals surface area contributed by atoms with Crippen LogP contribution in [0.25, 0.3) is 0 Å². The van der Waals surface area contributed by atoms with E-state index in [0.717, 1.165) is 25.0 Å². The Balaban J connectivity index is 1.93. The van der Waals surface area contributed by atoms with E-state index >= 15 is 0 Å². The quantitative estimate of drug-likeness (QED) is 0.463. The third-order valence-electron chi connectivity index (χ3n) is 4.56. The maximum Gasteiger partial charge on any atom is 0.233 e. The van der Waals surface area contributed by atoms with Crippen LogP contribution < -0.4 is 10.5 Å². The molecule has 1 aliphatic carbocycles. The number of hydrogen-bond donors (Lipinski definition) is 1. The van der Waals surface area contributed by atoms with Crippen molar-refractivity contribution in [2.24, 2.45) is 11.0 Å². The molecule has 2 N–H and O–H groups in total. The molecule has 1 aliphatic rings. The molecule has 0 saturated heterocycles. The number of benzene rings is 1. The van der Waals surface area contributed by atoms with E-state index in [1.165, 1.54) is 5.56 Å². The Bertz CT molecular complexity index is 569. The van der Waals surface area contributed by atoms with Crippen LogP contribution in [0.3, 0.4) is 0 Å². The average molecular weight is 350 g/mol. The van der Waals surface area contributed by atoms with E-state index in [9.17, 15) is 5.21 Å². The standard InChI is InChI=1S/C18H30N4O3/c1-18(2,3)21(12-11-19)22(23)20-25-17-10-7-15(13-17)14-5-8-16(24-4)9-6-14/h5-6,8-9,15,17H,7,10-13,19H2,1-4H3/t15-,17+/m1/s1. The maximum atomic E-state index is 12.2.